The van der Waals surface area contributed by atoms with E-state index in [4.69, 9.17) is 4.99 Å². The first-order valence-electron chi connectivity index (χ1n) is 13.5. The highest BCUT2D eigenvalue weighted by atomic mass is 16.3. The van der Waals surface area contributed by atoms with E-state index in [0.29, 0.717) is 29.3 Å². The number of H-pyrrole nitrogens is 2. The van der Waals surface area contributed by atoms with Crippen LogP contribution in [0, 0.1) is 0 Å². The molecule has 0 spiro atoms. The van der Waals surface area contributed by atoms with Crippen LogP contribution < -0.4 is 4.90 Å². The number of hydrogen-bond donors (Lipinski definition) is 3. The molecule has 1 saturated heterocycles. The van der Waals surface area contributed by atoms with Gasteiger partial charge in [-0.2, -0.15) is 5.21 Å². The van der Waals surface area contributed by atoms with Gasteiger partial charge in [0.2, 0.25) is 11.7 Å². The van der Waals surface area contributed by atoms with E-state index in [2.05, 4.69) is 42.5 Å². The zero-order valence-electron chi connectivity index (χ0n) is 22.9. The van der Waals surface area contributed by atoms with Gasteiger partial charge in [-0.3, -0.25) is 9.69 Å². The van der Waals surface area contributed by atoms with E-state index in [1.54, 1.807) is 11.9 Å². The number of aromatic hydroxyl groups is 1. The standard InChI is InChI=1S/C30H31N9O2/c1-37-14-16-39(17-15-37)19-26(40)38(2)23-11-9-22(10-12-23)31-28(20-6-4-3-5-7-20)27-24-18-21(29-33-35-36-34-29)8-13-25(24)32-30(27)41/h3-13,18,32,41H,14-17,19H2,1-2H3,(H,33,34,35,36). The molecule has 0 saturated carbocycles. The maximum atomic E-state index is 13.0. The fourth-order valence-corrected chi connectivity index (χ4v) is 5.03. The van der Waals surface area contributed by atoms with Gasteiger partial charge in [0.25, 0.3) is 0 Å². The molecule has 0 atom stereocenters. The second-order valence-corrected chi connectivity index (χ2v) is 10.2. The molecule has 41 heavy (non-hydrogen) atoms. The lowest BCUT2D eigenvalue weighted by atomic mass is 9.99. The van der Waals surface area contributed by atoms with Crippen LogP contribution in [0.15, 0.2) is 77.8 Å². The van der Waals surface area contributed by atoms with Gasteiger partial charge in [0.15, 0.2) is 5.88 Å². The van der Waals surface area contributed by atoms with Crippen LogP contribution in [0.25, 0.3) is 22.3 Å². The van der Waals surface area contributed by atoms with Gasteiger partial charge in [-0.1, -0.05) is 30.3 Å². The summed E-state index contributed by atoms with van der Waals surface area (Å²) >= 11 is 0. The van der Waals surface area contributed by atoms with Crippen LogP contribution in [-0.4, -0.2) is 99.0 Å². The number of benzene rings is 3. The number of piperazine rings is 1. The number of tetrazole rings is 1. The summed E-state index contributed by atoms with van der Waals surface area (Å²) in [6.07, 6.45) is 0. The molecular weight excluding hydrogens is 518 g/mol. The van der Waals surface area contributed by atoms with Crippen LogP contribution >= 0.6 is 0 Å². The summed E-state index contributed by atoms with van der Waals surface area (Å²) < 4.78 is 0. The van der Waals surface area contributed by atoms with Gasteiger partial charge >= 0.3 is 0 Å². The molecule has 0 bridgehead atoms. The number of fused-ring (bicyclic) bond motifs is 1. The maximum absolute atomic E-state index is 13.0. The number of hydrogen-bond acceptors (Lipinski definition) is 8. The van der Waals surface area contributed by atoms with E-state index in [1.807, 2.05) is 72.8 Å². The molecule has 0 aliphatic carbocycles. The van der Waals surface area contributed by atoms with E-state index in [-0.39, 0.29) is 11.8 Å². The van der Waals surface area contributed by atoms with Crippen molar-refractivity contribution in [2.75, 3.05) is 51.7 Å². The topological polar surface area (TPSA) is 130 Å². The summed E-state index contributed by atoms with van der Waals surface area (Å²) in [4.78, 5) is 27.2. The lowest BCUT2D eigenvalue weighted by Crippen LogP contribution is -2.48. The Kier molecular flexibility index (Phi) is 7.28. The SMILES string of the molecule is CN1CCN(CC(=O)N(C)c2ccc(N=C(c3ccccc3)c3c(O)[nH]c4ccc(-c5nn[nH]n5)cc34)cc2)CC1. The Bertz CT molecular complexity index is 1670. The number of likely N-dealkylation sites (N-methyl/N-ethyl adjacent to an activating group) is 2. The van der Waals surface area contributed by atoms with E-state index in [1.165, 1.54) is 0 Å². The van der Waals surface area contributed by atoms with E-state index in [9.17, 15) is 9.90 Å². The van der Waals surface area contributed by atoms with Crippen molar-refractivity contribution in [3.63, 3.8) is 0 Å². The molecule has 0 radical (unpaired) electrons. The lowest BCUT2D eigenvalue weighted by Gasteiger charge is -2.32. The number of aromatic amines is 2. The van der Waals surface area contributed by atoms with Crippen LogP contribution in [0.5, 0.6) is 5.88 Å². The molecule has 2 aromatic heterocycles. The summed E-state index contributed by atoms with van der Waals surface area (Å²) in [6.45, 7) is 4.12. The quantitative estimate of drug-likeness (QED) is 0.265. The first-order valence-corrected chi connectivity index (χ1v) is 13.5. The third-order valence-corrected chi connectivity index (χ3v) is 7.47. The predicted octanol–water partition coefficient (Wildman–Crippen LogP) is 3.43. The molecule has 1 fully saturated rings. The van der Waals surface area contributed by atoms with Crippen molar-refractivity contribution in [2.24, 2.45) is 4.99 Å². The molecule has 11 nitrogen and oxygen atoms in total. The molecule has 1 aliphatic rings. The highest BCUT2D eigenvalue weighted by Crippen LogP contribution is 2.34. The maximum Gasteiger partial charge on any atom is 0.240 e. The molecule has 1 aliphatic heterocycles. The first kappa shape index (κ1) is 26.4. The summed E-state index contributed by atoms with van der Waals surface area (Å²) in [6, 6.07) is 22.9. The molecule has 0 unspecified atom stereocenters. The average Bonchev–Trinajstić information content (AvgIpc) is 3.65. The van der Waals surface area contributed by atoms with Crippen LogP contribution in [0.2, 0.25) is 0 Å². The molecular formula is C30H31N9O2. The molecule has 6 rings (SSSR count). The third kappa shape index (κ3) is 5.58. The monoisotopic (exact) mass is 549 g/mol. The van der Waals surface area contributed by atoms with Gasteiger partial charge in [-0.05, 0) is 54.7 Å². The second-order valence-electron chi connectivity index (χ2n) is 10.2. The van der Waals surface area contributed by atoms with Gasteiger partial charge in [-0.25, -0.2) is 4.99 Å². The average molecular weight is 550 g/mol. The fourth-order valence-electron chi connectivity index (χ4n) is 5.03. The highest BCUT2D eigenvalue weighted by molar-refractivity contribution is 6.22. The third-order valence-electron chi connectivity index (χ3n) is 7.47. The fraction of sp³-hybridized carbons (Fsp3) is 0.233. The Morgan fingerprint density at radius 1 is 1.02 bits per heavy atom. The number of nitrogens with zero attached hydrogens (tertiary/aromatic N) is 7. The van der Waals surface area contributed by atoms with Crippen molar-refractivity contribution in [1.29, 1.82) is 0 Å². The predicted molar refractivity (Wildman–Crippen MR) is 159 cm³/mol. The second kappa shape index (κ2) is 11.3. The molecule has 208 valence electrons. The number of aliphatic imine (C=N–C) groups is 1. The Morgan fingerprint density at radius 3 is 2.49 bits per heavy atom. The summed E-state index contributed by atoms with van der Waals surface area (Å²) in [5, 5.41) is 26.1. The Labute approximate surface area is 237 Å². The molecule has 3 aromatic carbocycles. The van der Waals surface area contributed by atoms with Crippen LogP contribution in [0.1, 0.15) is 11.1 Å². The zero-order chi connectivity index (χ0) is 28.3. The summed E-state index contributed by atoms with van der Waals surface area (Å²) in [5.74, 6) is 0.522. The summed E-state index contributed by atoms with van der Waals surface area (Å²) in [5.41, 5.74) is 5.01. The van der Waals surface area contributed by atoms with E-state index < -0.39 is 0 Å². The molecule has 5 aromatic rings. The number of carbonyl (C=O) groups is 1. The van der Waals surface area contributed by atoms with Gasteiger partial charge in [0.1, 0.15) is 0 Å². The normalized spacial score (nSPS) is 14.9. The van der Waals surface area contributed by atoms with Gasteiger partial charge < -0.3 is 19.9 Å². The lowest BCUT2D eigenvalue weighted by molar-refractivity contribution is -0.119. The smallest absolute Gasteiger partial charge is 0.240 e. The minimum atomic E-state index is 0.0127. The van der Waals surface area contributed by atoms with E-state index >= 15 is 0 Å². The minimum absolute atomic E-state index is 0.0127. The first-order chi connectivity index (χ1) is 20.0. The van der Waals surface area contributed by atoms with Crippen LogP contribution in [-0.2, 0) is 4.79 Å². The Balaban J connectivity index is 1.32. The number of rotatable bonds is 7. The van der Waals surface area contributed by atoms with Crippen molar-refractivity contribution in [3.8, 4) is 17.3 Å². The van der Waals surface area contributed by atoms with Crippen molar-refractivity contribution in [1.82, 2.24) is 35.4 Å². The molecule has 3 N–H and O–H groups in total. The number of anilines is 1. The number of carbonyl (C=O) groups excluding carboxylic acids is 1. The van der Waals surface area contributed by atoms with Crippen LogP contribution in [0.3, 0.4) is 0 Å². The zero-order valence-corrected chi connectivity index (χ0v) is 22.9. The number of nitrogens with one attached hydrogen (secondary N) is 2. The van der Waals surface area contributed by atoms with Crippen molar-refractivity contribution >= 4 is 33.9 Å². The number of aromatic nitrogens is 5. The highest BCUT2D eigenvalue weighted by Gasteiger charge is 2.21. The van der Waals surface area contributed by atoms with E-state index in [0.717, 1.165) is 53.9 Å². The molecule has 3 heterocycles. The molecule has 11 heteroatoms. The largest absolute Gasteiger partial charge is 0.494 e. The van der Waals surface area contributed by atoms with Crippen molar-refractivity contribution < 1.29 is 9.90 Å². The van der Waals surface area contributed by atoms with Crippen molar-refractivity contribution in [2.45, 2.75) is 0 Å². The number of amides is 1. The van der Waals surface area contributed by atoms with Crippen molar-refractivity contribution in [3.05, 3.63) is 83.9 Å². The van der Waals surface area contributed by atoms with Gasteiger partial charge in [-0.15, -0.1) is 10.2 Å². The van der Waals surface area contributed by atoms with Gasteiger partial charge in [0, 0.05) is 60.9 Å². The summed E-state index contributed by atoms with van der Waals surface area (Å²) in [7, 11) is 3.91. The Hall–Kier alpha value is -4.87. The Morgan fingerprint density at radius 2 is 1.78 bits per heavy atom. The molecule has 1 amide bonds. The van der Waals surface area contributed by atoms with Gasteiger partial charge in [0.05, 0.1) is 23.5 Å². The van der Waals surface area contributed by atoms with Crippen LogP contribution in [0.4, 0.5) is 11.4 Å². The minimum Gasteiger partial charge on any atom is -0.494 e.